The molecule has 0 N–H and O–H groups in total. The summed E-state index contributed by atoms with van der Waals surface area (Å²) in [5, 5.41) is 10.4. The monoisotopic (exact) mass is 224 g/mol. The first kappa shape index (κ1) is 9.67. The Balaban J connectivity index is 2.29. The van der Waals surface area contributed by atoms with Crippen molar-refractivity contribution in [2.45, 2.75) is 0 Å². The number of carbonyl (C=O) groups excluding carboxylic acids is 1. The molecular weight excluding hydrogens is 220 g/mol. The molecule has 1 aromatic carbocycles. The molecule has 6 heteroatoms. The molecule has 1 aliphatic rings. The number of nitro benzene ring substituents is 1. The van der Waals surface area contributed by atoms with Crippen molar-refractivity contribution in [3.05, 3.63) is 46.1 Å². The first-order valence-corrected chi connectivity index (χ1v) is 4.39. The first-order chi connectivity index (χ1) is 7.09. The molecule has 15 heavy (non-hydrogen) atoms. The fourth-order valence-electron chi connectivity index (χ4n) is 1.24. The van der Waals surface area contributed by atoms with Crippen molar-refractivity contribution in [1.29, 1.82) is 0 Å². The van der Waals surface area contributed by atoms with Gasteiger partial charge >= 0.3 is 0 Å². The van der Waals surface area contributed by atoms with E-state index in [0.717, 1.165) is 4.42 Å². The van der Waals surface area contributed by atoms with E-state index in [-0.39, 0.29) is 11.6 Å². The van der Waals surface area contributed by atoms with Crippen LogP contribution in [0.25, 0.3) is 5.57 Å². The fourth-order valence-corrected chi connectivity index (χ4v) is 1.43. The molecule has 0 atom stereocenters. The highest BCUT2D eigenvalue weighted by atomic mass is 35.5. The second-order valence-electron chi connectivity index (χ2n) is 2.96. The van der Waals surface area contributed by atoms with Gasteiger partial charge in [-0.2, -0.15) is 0 Å². The van der Waals surface area contributed by atoms with E-state index >= 15 is 0 Å². The summed E-state index contributed by atoms with van der Waals surface area (Å²) in [5.74, 6) is -0.300. The number of nitrogens with zero attached hydrogens (tertiary/aromatic N) is 2. The lowest BCUT2D eigenvalue weighted by Gasteiger charge is -2.21. The van der Waals surface area contributed by atoms with Crippen LogP contribution in [0.3, 0.4) is 0 Å². The van der Waals surface area contributed by atoms with Crippen LogP contribution in [0, 0.1) is 10.1 Å². The maximum atomic E-state index is 11.2. The third-order valence-corrected chi connectivity index (χ3v) is 2.31. The average molecular weight is 225 g/mol. The Morgan fingerprint density at radius 3 is 2.27 bits per heavy atom. The predicted molar refractivity (Wildman–Crippen MR) is 53.8 cm³/mol. The highest BCUT2D eigenvalue weighted by Gasteiger charge is 2.27. The summed E-state index contributed by atoms with van der Waals surface area (Å²) in [6.45, 7) is 0. The second-order valence-corrected chi connectivity index (χ2v) is 3.33. The molecule has 1 heterocycles. The fraction of sp³-hybridized carbons (Fsp3) is 0. The third kappa shape index (κ3) is 1.57. The lowest BCUT2D eigenvalue weighted by molar-refractivity contribution is -0.384. The first-order valence-electron chi connectivity index (χ1n) is 4.05. The van der Waals surface area contributed by atoms with Crippen molar-refractivity contribution < 1.29 is 9.72 Å². The van der Waals surface area contributed by atoms with Gasteiger partial charge in [-0.15, -0.1) is 0 Å². The van der Waals surface area contributed by atoms with Gasteiger partial charge in [0.1, 0.15) is 0 Å². The van der Waals surface area contributed by atoms with Crippen LogP contribution in [0.2, 0.25) is 0 Å². The number of carbonyl (C=O) groups is 1. The predicted octanol–water partition coefficient (Wildman–Crippen LogP) is 1.93. The van der Waals surface area contributed by atoms with Gasteiger partial charge < -0.3 is 0 Å². The van der Waals surface area contributed by atoms with Crippen LogP contribution >= 0.6 is 11.8 Å². The Morgan fingerprint density at radius 2 is 1.87 bits per heavy atom. The molecule has 0 spiro atoms. The van der Waals surface area contributed by atoms with Gasteiger partial charge in [0.25, 0.3) is 11.6 Å². The zero-order chi connectivity index (χ0) is 11.0. The summed E-state index contributed by atoms with van der Waals surface area (Å²) in [6, 6.07) is 5.73. The van der Waals surface area contributed by atoms with Gasteiger partial charge in [0.15, 0.2) is 0 Å². The zero-order valence-corrected chi connectivity index (χ0v) is 8.14. The van der Waals surface area contributed by atoms with Crippen molar-refractivity contribution in [2.75, 3.05) is 0 Å². The molecule has 0 aliphatic carbocycles. The van der Waals surface area contributed by atoms with Crippen LogP contribution in [-0.2, 0) is 4.79 Å². The van der Waals surface area contributed by atoms with Gasteiger partial charge in [0.05, 0.1) is 10.5 Å². The number of hydrogen-bond donors (Lipinski definition) is 0. The van der Waals surface area contributed by atoms with Gasteiger partial charge in [0.2, 0.25) is 0 Å². The minimum absolute atomic E-state index is 0.00569. The molecule has 0 saturated carbocycles. The normalized spacial score (nSPS) is 14.6. The number of non-ortho nitro benzene ring substituents is 1. The zero-order valence-electron chi connectivity index (χ0n) is 7.38. The number of amides is 1. The summed E-state index contributed by atoms with van der Waals surface area (Å²) in [7, 11) is 0. The molecule has 76 valence electrons. The van der Waals surface area contributed by atoms with E-state index in [2.05, 4.69) is 0 Å². The summed E-state index contributed by atoms with van der Waals surface area (Å²) in [6.07, 6.45) is 1.46. The van der Waals surface area contributed by atoms with Gasteiger partial charge in [0, 0.05) is 30.1 Å². The smallest absolute Gasteiger partial charge is 0.267 e. The molecule has 0 aromatic heterocycles. The Bertz CT molecular complexity index is 467. The molecule has 2 rings (SSSR count). The van der Waals surface area contributed by atoms with E-state index in [1.807, 2.05) is 0 Å². The molecule has 0 radical (unpaired) electrons. The Hall–Kier alpha value is -1.88. The van der Waals surface area contributed by atoms with Gasteiger partial charge in [-0.05, 0) is 17.7 Å². The van der Waals surface area contributed by atoms with Gasteiger partial charge in [-0.1, -0.05) is 0 Å². The molecule has 1 aromatic rings. The molecule has 0 fully saturated rings. The second kappa shape index (κ2) is 3.36. The van der Waals surface area contributed by atoms with Crippen LogP contribution in [0.1, 0.15) is 5.56 Å². The molecule has 5 nitrogen and oxygen atoms in total. The number of benzene rings is 1. The standard InChI is InChI=1S/C9H5ClN2O3/c10-11-5-8(9(11)13)6-1-3-7(4-2-6)12(14)15/h1-5H. The van der Waals surface area contributed by atoms with Crippen molar-refractivity contribution in [3.63, 3.8) is 0 Å². The molecule has 1 amide bonds. The van der Waals surface area contributed by atoms with Gasteiger partial charge in [-0.3, -0.25) is 14.9 Å². The number of hydrogen-bond acceptors (Lipinski definition) is 3. The van der Waals surface area contributed by atoms with E-state index in [1.165, 1.54) is 30.5 Å². The molecule has 0 unspecified atom stereocenters. The topological polar surface area (TPSA) is 63.4 Å². The molecular formula is C9H5ClN2O3. The summed E-state index contributed by atoms with van der Waals surface area (Å²) < 4.78 is 0.941. The summed E-state index contributed by atoms with van der Waals surface area (Å²) in [4.78, 5) is 21.1. The number of rotatable bonds is 2. The maximum Gasteiger partial charge on any atom is 0.274 e. The Labute approximate surface area is 89.8 Å². The summed E-state index contributed by atoms with van der Waals surface area (Å²) >= 11 is 5.42. The van der Waals surface area contributed by atoms with E-state index in [1.54, 1.807) is 0 Å². The Kier molecular flexibility index (Phi) is 2.17. The SMILES string of the molecule is O=C1C(c2ccc([N+](=O)[O-])cc2)=CN1Cl. The molecule has 0 bridgehead atoms. The largest absolute Gasteiger partial charge is 0.274 e. The van der Waals surface area contributed by atoms with Crippen LogP contribution in [-0.4, -0.2) is 15.2 Å². The van der Waals surface area contributed by atoms with Crippen molar-refractivity contribution >= 4 is 28.9 Å². The number of nitro groups is 1. The van der Waals surface area contributed by atoms with Gasteiger partial charge in [-0.25, -0.2) is 4.42 Å². The third-order valence-electron chi connectivity index (χ3n) is 2.06. The van der Waals surface area contributed by atoms with Crippen LogP contribution in [0.15, 0.2) is 30.5 Å². The minimum atomic E-state index is -0.491. The number of halogens is 1. The molecule has 1 aliphatic heterocycles. The minimum Gasteiger partial charge on any atom is -0.267 e. The maximum absolute atomic E-state index is 11.2. The van der Waals surface area contributed by atoms with Crippen LogP contribution < -0.4 is 0 Å². The quantitative estimate of drug-likeness (QED) is 0.438. The summed E-state index contributed by atoms with van der Waals surface area (Å²) in [5.41, 5.74) is 1.08. The Morgan fingerprint density at radius 1 is 1.27 bits per heavy atom. The molecule has 0 saturated heterocycles. The average Bonchev–Trinajstić information content (AvgIpc) is 2.25. The van der Waals surface area contributed by atoms with E-state index < -0.39 is 4.92 Å². The highest BCUT2D eigenvalue weighted by Crippen LogP contribution is 2.28. The van der Waals surface area contributed by atoms with Crippen LogP contribution in [0.4, 0.5) is 5.69 Å². The highest BCUT2D eigenvalue weighted by molar-refractivity contribution is 6.38. The van der Waals surface area contributed by atoms with E-state index in [9.17, 15) is 14.9 Å². The van der Waals surface area contributed by atoms with Crippen molar-refractivity contribution in [2.24, 2.45) is 0 Å². The lowest BCUT2D eigenvalue weighted by atomic mass is 10.0. The lowest BCUT2D eigenvalue weighted by Crippen LogP contribution is -2.27. The van der Waals surface area contributed by atoms with E-state index in [0.29, 0.717) is 11.1 Å². The van der Waals surface area contributed by atoms with Crippen molar-refractivity contribution in [1.82, 2.24) is 4.42 Å². The van der Waals surface area contributed by atoms with Crippen LogP contribution in [0.5, 0.6) is 0 Å². The van der Waals surface area contributed by atoms with E-state index in [4.69, 9.17) is 11.8 Å². The van der Waals surface area contributed by atoms with Crippen molar-refractivity contribution in [3.8, 4) is 0 Å².